The van der Waals surface area contributed by atoms with Crippen molar-refractivity contribution in [2.75, 3.05) is 6.61 Å². The van der Waals surface area contributed by atoms with E-state index in [0.29, 0.717) is 0 Å². The Kier molecular flexibility index (Phi) is 5.46. The molecule has 0 aliphatic rings. The minimum absolute atomic E-state index is 0.103. The summed E-state index contributed by atoms with van der Waals surface area (Å²) in [5, 5.41) is 2.78. The number of carbonyl (C=O) groups is 1. The Morgan fingerprint density at radius 1 is 1.47 bits per heavy atom. The van der Waals surface area contributed by atoms with Gasteiger partial charge in [-0.1, -0.05) is 25.5 Å². The summed E-state index contributed by atoms with van der Waals surface area (Å²) in [7, 11) is 0. The standard InChI is InChI=1S/C13H18FNO2/c1-3-6-10(2)15-13(16)9-17-12-8-5-4-7-11(12)14/h4-5,7-8,10H,3,6,9H2,1-2H3,(H,15,16)/t10-/m1/s1. The molecule has 0 aliphatic carbocycles. The van der Waals surface area contributed by atoms with Gasteiger partial charge in [0.15, 0.2) is 18.2 Å². The molecule has 0 fully saturated rings. The molecule has 17 heavy (non-hydrogen) atoms. The van der Waals surface area contributed by atoms with Gasteiger partial charge in [0.05, 0.1) is 0 Å². The van der Waals surface area contributed by atoms with Crippen LogP contribution in [0.1, 0.15) is 26.7 Å². The van der Waals surface area contributed by atoms with Gasteiger partial charge >= 0.3 is 0 Å². The lowest BCUT2D eigenvalue weighted by Gasteiger charge is -2.13. The van der Waals surface area contributed by atoms with Gasteiger partial charge in [-0.2, -0.15) is 0 Å². The largest absolute Gasteiger partial charge is 0.481 e. The number of carbonyl (C=O) groups excluding carboxylic acids is 1. The van der Waals surface area contributed by atoms with Crippen LogP contribution >= 0.6 is 0 Å². The highest BCUT2D eigenvalue weighted by Crippen LogP contribution is 2.14. The lowest BCUT2D eigenvalue weighted by atomic mass is 10.2. The Labute approximate surface area is 101 Å². The molecule has 0 saturated carbocycles. The Morgan fingerprint density at radius 2 is 2.18 bits per heavy atom. The van der Waals surface area contributed by atoms with Crippen LogP contribution in [0, 0.1) is 5.82 Å². The summed E-state index contributed by atoms with van der Waals surface area (Å²) in [5.41, 5.74) is 0. The van der Waals surface area contributed by atoms with Gasteiger partial charge in [0.25, 0.3) is 5.91 Å². The van der Waals surface area contributed by atoms with Gasteiger partial charge in [-0.3, -0.25) is 4.79 Å². The van der Waals surface area contributed by atoms with E-state index >= 15 is 0 Å². The van der Waals surface area contributed by atoms with Crippen LogP contribution in [0.5, 0.6) is 5.75 Å². The van der Waals surface area contributed by atoms with Crippen LogP contribution < -0.4 is 10.1 Å². The second kappa shape index (κ2) is 6.89. The molecule has 3 nitrogen and oxygen atoms in total. The molecule has 0 saturated heterocycles. The zero-order valence-corrected chi connectivity index (χ0v) is 10.2. The van der Waals surface area contributed by atoms with Crippen molar-refractivity contribution in [3.05, 3.63) is 30.1 Å². The zero-order valence-electron chi connectivity index (χ0n) is 10.2. The summed E-state index contributed by atoms with van der Waals surface area (Å²) in [6, 6.07) is 6.16. The van der Waals surface area contributed by atoms with E-state index in [4.69, 9.17) is 4.74 Å². The van der Waals surface area contributed by atoms with E-state index in [1.165, 1.54) is 12.1 Å². The normalized spacial score (nSPS) is 11.9. The Balaban J connectivity index is 2.36. The number of ether oxygens (including phenoxy) is 1. The number of halogens is 1. The topological polar surface area (TPSA) is 38.3 Å². The summed E-state index contributed by atoms with van der Waals surface area (Å²) in [6.07, 6.45) is 1.93. The van der Waals surface area contributed by atoms with Crippen LogP contribution in [-0.2, 0) is 4.79 Å². The molecule has 0 spiro atoms. The number of amides is 1. The van der Waals surface area contributed by atoms with Gasteiger partial charge in [0, 0.05) is 6.04 Å². The van der Waals surface area contributed by atoms with Crippen LogP contribution in [0.3, 0.4) is 0 Å². The van der Waals surface area contributed by atoms with E-state index in [1.807, 2.05) is 6.92 Å². The summed E-state index contributed by atoms with van der Waals surface area (Å²) in [6.45, 7) is 3.83. The van der Waals surface area contributed by atoms with E-state index in [1.54, 1.807) is 12.1 Å². The number of hydrogen-bond donors (Lipinski definition) is 1. The molecule has 1 amide bonds. The summed E-state index contributed by atoms with van der Waals surface area (Å²) in [4.78, 5) is 11.5. The maximum atomic E-state index is 13.2. The van der Waals surface area contributed by atoms with Crippen LogP contribution in [0.15, 0.2) is 24.3 Å². The minimum Gasteiger partial charge on any atom is -0.481 e. The van der Waals surface area contributed by atoms with Crippen molar-refractivity contribution in [2.24, 2.45) is 0 Å². The van der Waals surface area contributed by atoms with Gasteiger partial charge in [-0.05, 0) is 25.5 Å². The molecule has 0 heterocycles. The SMILES string of the molecule is CCC[C@@H](C)NC(=O)COc1ccccc1F. The molecule has 1 atom stereocenters. The fourth-order valence-corrected chi connectivity index (χ4v) is 1.53. The second-order valence-corrected chi connectivity index (χ2v) is 3.98. The Hall–Kier alpha value is -1.58. The molecule has 1 aromatic carbocycles. The molecule has 1 aromatic rings. The van der Waals surface area contributed by atoms with Crippen molar-refractivity contribution < 1.29 is 13.9 Å². The number of para-hydroxylation sites is 1. The zero-order chi connectivity index (χ0) is 12.7. The first-order valence-corrected chi connectivity index (χ1v) is 5.80. The number of benzene rings is 1. The molecule has 1 N–H and O–H groups in total. The van der Waals surface area contributed by atoms with Crippen molar-refractivity contribution >= 4 is 5.91 Å². The minimum atomic E-state index is -0.457. The van der Waals surface area contributed by atoms with Crippen LogP contribution in [0.4, 0.5) is 4.39 Å². The molecular weight excluding hydrogens is 221 g/mol. The van der Waals surface area contributed by atoms with Crippen molar-refractivity contribution in [1.29, 1.82) is 0 Å². The first-order valence-electron chi connectivity index (χ1n) is 5.80. The van der Waals surface area contributed by atoms with E-state index < -0.39 is 5.82 Å². The predicted molar refractivity (Wildman–Crippen MR) is 64.4 cm³/mol. The third-order valence-corrected chi connectivity index (χ3v) is 2.32. The fraction of sp³-hybridized carbons (Fsp3) is 0.462. The van der Waals surface area contributed by atoms with E-state index in [0.717, 1.165) is 12.8 Å². The Morgan fingerprint density at radius 3 is 2.82 bits per heavy atom. The molecule has 0 radical (unpaired) electrons. The molecule has 94 valence electrons. The number of nitrogens with one attached hydrogen (secondary N) is 1. The molecular formula is C13H18FNO2. The molecule has 0 bridgehead atoms. The molecule has 0 aliphatic heterocycles. The molecule has 0 unspecified atom stereocenters. The second-order valence-electron chi connectivity index (χ2n) is 3.98. The highest BCUT2D eigenvalue weighted by Gasteiger charge is 2.08. The van der Waals surface area contributed by atoms with Crippen LogP contribution in [0.25, 0.3) is 0 Å². The third-order valence-electron chi connectivity index (χ3n) is 2.32. The van der Waals surface area contributed by atoms with E-state index in [2.05, 4.69) is 12.2 Å². The maximum Gasteiger partial charge on any atom is 0.258 e. The lowest BCUT2D eigenvalue weighted by molar-refractivity contribution is -0.123. The van der Waals surface area contributed by atoms with Crippen molar-refractivity contribution in [2.45, 2.75) is 32.7 Å². The highest BCUT2D eigenvalue weighted by atomic mass is 19.1. The smallest absolute Gasteiger partial charge is 0.258 e. The van der Waals surface area contributed by atoms with E-state index in [-0.39, 0.29) is 24.3 Å². The first kappa shape index (κ1) is 13.5. The number of hydrogen-bond acceptors (Lipinski definition) is 2. The Bertz CT molecular complexity index is 368. The summed E-state index contributed by atoms with van der Waals surface area (Å²) < 4.78 is 18.3. The third kappa shape index (κ3) is 4.85. The van der Waals surface area contributed by atoms with Gasteiger partial charge in [0.1, 0.15) is 0 Å². The maximum absolute atomic E-state index is 13.2. The average Bonchev–Trinajstić information content (AvgIpc) is 2.28. The summed E-state index contributed by atoms with van der Waals surface area (Å²) >= 11 is 0. The van der Waals surface area contributed by atoms with Crippen molar-refractivity contribution in [3.63, 3.8) is 0 Å². The number of rotatable bonds is 6. The molecule has 1 rings (SSSR count). The van der Waals surface area contributed by atoms with Gasteiger partial charge in [0.2, 0.25) is 0 Å². The van der Waals surface area contributed by atoms with Gasteiger partial charge in [-0.15, -0.1) is 0 Å². The highest BCUT2D eigenvalue weighted by molar-refractivity contribution is 5.77. The quantitative estimate of drug-likeness (QED) is 0.828. The fourth-order valence-electron chi connectivity index (χ4n) is 1.53. The van der Waals surface area contributed by atoms with Gasteiger partial charge < -0.3 is 10.1 Å². The predicted octanol–water partition coefficient (Wildman–Crippen LogP) is 2.51. The van der Waals surface area contributed by atoms with Crippen molar-refractivity contribution in [1.82, 2.24) is 5.32 Å². The average molecular weight is 239 g/mol. The molecule has 4 heteroatoms. The molecule has 0 aromatic heterocycles. The first-order chi connectivity index (χ1) is 8.13. The summed E-state index contributed by atoms with van der Waals surface area (Å²) in [5.74, 6) is -0.582. The van der Waals surface area contributed by atoms with Crippen LogP contribution in [0.2, 0.25) is 0 Å². The monoisotopic (exact) mass is 239 g/mol. The van der Waals surface area contributed by atoms with Crippen LogP contribution in [-0.4, -0.2) is 18.6 Å². The van der Waals surface area contributed by atoms with Crippen molar-refractivity contribution in [3.8, 4) is 5.75 Å². The van der Waals surface area contributed by atoms with Gasteiger partial charge in [-0.25, -0.2) is 4.39 Å². The lowest BCUT2D eigenvalue weighted by Crippen LogP contribution is -2.36. The van der Waals surface area contributed by atoms with E-state index in [9.17, 15) is 9.18 Å².